The Bertz CT molecular complexity index is 304. The molecule has 0 aromatic heterocycles. The van der Waals surface area contributed by atoms with Crippen LogP contribution < -0.4 is 5.32 Å². The molecule has 2 heterocycles. The normalized spacial score (nSPS) is 25.1. The Morgan fingerprint density at radius 1 is 1.30 bits per heavy atom. The summed E-state index contributed by atoms with van der Waals surface area (Å²) in [5.41, 5.74) is 0. The van der Waals surface area contributed by atoms with Crippen LogP contribution >= 0.6 is 0 Å². The summed E-state index contributed by atoms with van der Waals surface area (Å²) in [6.07, 6.45) is 3.31. The topological polar surface area (TPSA) is 38.8 Å². The van der Waals surface area contributed by atoms with Crippen molar-refractivity contribution in [2.75, 3.05) is 66.5 Å². The van der Waals surface area contributed by atoms with Gasteiger partial charge in [0, 0.05) is 52.2 Å². The van der Waals surface area contributed by atoms with E-state index in [1.807, 2.05) is 4.90 Å². The third-order valence-corrected chi connectivity index (χ3v) is 4.47. The molecule has 2 saturated heterocycles. The van der Waals surface area contributed by atoms with E-state index in [0.29, 0.717) is 12.3 Å². The minimum Gasteiger partial charge on any atom is -0.340 e. The van der Waals surface area contributed by atoms with Crippen molar-refractivity contribution < 1.29 is 4.79 Å². The smallest absolute Gasteiger partial charge is 0.223 e. The minimum absolute atomic E-state index is 0.319. The van der Waals surface area contributed by atoms with Crippen molar-refractivity contribution >= 4 is 5.91 Å². The molecular weight excluding hydrogens is 252 g/mol. The number of rotatable bonds is 5. The van der Waals surface area contributed by atoms with Gasteiger partial charge in [-0.3, -0.25) is 4.79 Å². The molecule has 0 aromatic rings. The maximum absolute atomic E-state index is 12.1. The van der Waals surface area contributed by atoms with Gasteiger partial charge < -0.3 is 20.0 Å². The molecule has 1 atom stereocenters. The standard InChI is InChI=1S/C15H30N4O/c1-17-8-3-4-14(12-17)13-18(2)9-5-15(20)19-10-6-16-7-11-19/h14,16H,3-13H2,1-2H3. The predicted molar refractivity (Wildman–Crippen MR) is 81.8 cm³/mol. The lowest BCUT2D eigenvalue weighted by molar-refractivity contribution is -0.132. The van der Waals surface area contributed by atoms with Gasteiger partial charge in [-0.1, -0.05) is 0 Å². The number of piperidine rings is 1. The van der Waals surface area contributed by atoms with Crippen LogP contribution in [0.3, 0.4) is 0 Å². The van der Waals surface area contributed by atoms with Crippen molar-refractivity contribution in [2.24, 2.45) is 5.92 Å². The van der Waals surface area contributed by atoms with Gasteiger partial charge >= 0.3 is 0 Å². The van der Waals surface area contributed by atoms with E-state index in [2.05, 4.69) is 29.2 Å². The number of carbonyl (C=O) groups excluding carboxylic acids is 1. The second-order valence-electron chi connectivity index (χ2n) is 6.41. The van der Waals surface area contributed by atoms with Crippen molar-refractivity contribution in [1.82, 2.24) is 20.0 Å². The molecule has 0 bridgehead atoms. The zero-order chi connectivity index (χ0) is 14.4. The molecule has 0 saturated carbocycles. The average molecular weight is 282 g/mol. The third kappa shape index (κ3) is 5.04. The highest BCUT2D eigenvalue weighted by Gasteiger charge is 2.20. The number of hydrogen-bond acceptors (Lipinski definition) is 4. The van der Waals surface area contributed by atoms with E-state index in [1.165, 1.54) is 25.9 Å². The maximum Gasteiger partial charge on any atom is 0.223 e. The molecule has 2 fully saturated rings. The minimum atomic E-state index is 0.319. The van der Waals surface area contributed by atoms with Crippen molar-refractivity contribution in [2.45, 2.75) is 19.3 Å². The second-order valence-corrected chi connectivity index (χ2v) is 6.41. The summed E-state index contributed by atoms with van der Waals surface area (Å²) in [4.78, 5) is 18.9. The molecule has 1 N–H and O–H groups in total. The third-order valence-electron chi connectivity index (χ3n) is 4.47. The SMILES string of the molecule is CN1CCCC(CN(C)CCC(=O)N2CCNCC2)C1. The lowest BCUT2D eigenvalue weighted by atomic mass is 9.98. The molecule has 2 aliphatic rings. The summed E-state index contributed by atoms with van der Waals surface area (Å²) in [7, 11) is 4.36. The van der Waals surface area contributed by atoms with Crippen LogP contribution in [0.4, 0.5) is 0 Å². The number of likely N-dealkylation sites (tertiary alicyclic amines) is 1. The van der Waals surface area contributed by atoms with Crippen LogP contribution in [-0.4, -0.2) is 87.1 Å². The summed E-state index contributed by atoms with van der Waals surface area (Å²) in [6.45, 7) is 8.08. The van der Waals surface area contributed by atoms with Crippen LogP contribution in [0.1, 0.15) is 19.3 Å². The quantitative estimate of drug-likeness (QED) is 0.775. The van der Waals surface area contributed by atoms with E-state index in [0.717, 1.165) is 45.2 Å². The molecule has 5 heteroatoms. The molecule has 1 unspecified atom stereocenters. The predicted octanol–water partition coefficient (Wildman–Crippen LogP) is 0.0819. The summed E-state index contributed by atoms with van der Waals surface area (Å²) in [6, 6.07) is 0. The van der Waals surface area contributed by atoms with Crippen LogP contribution in [0.25, 0.3) is 0 Å². The Labute approximate surface area is 123 Å². The first-order chi connectivity index (χ1) is 9.65. The fraction of sp³-hybridized carbons (Fsp3) is 0.933. The van der Waals surface area contributed by atoms with Gasteiger partial charge in [0.05, 0.1) is 0 Å². The number of nitrogens with one attached hydrogen (secondary N) is 1. The maximum atomic E-state index is 12.1. The molecule has 1 amide bonds. The lowest BCUT2D eigenvalue weighted by Gasteiger charge is -2.33. The summed E-state index contributed by atoms with van der Waals surface area (Å²) in [5, 5.41) is 3.28. The molecule has 0 aliphatic carbocycles. The van der Waals surface area contributed by atoms with E-state index >= 15 is 0 Å². The first-order valence-electron chi connectivity index (χ1n) is 8.00. The molecule has 0 aromatic carbocycles. The van der Waals surface area contributed by atoms with Crippen LogP contribution in [0, 0.1) is 5.92 Å². The Balaban J connectivity index is 1.63. The highest BCUT2D eigenvalue weighted by Crippen LogP contribution is 2.15. The van der Waals surface area contributed by atoms with Crippen molar-refractivity contribution in [3.8, 4) is 0 Å². The summed E-state index contributed by atoms with van der Waals surface area (Å²) in [5.74, 6) is 1.09. The molecule has 2 aliphatic heterocycles. The number of hydrogen-bond donors (Lipinski definition) is 1. The zero-order valence-corrected chi connectivity index (χ0v) is 13.1. The highest BCUT2D eigenvalue weighted by molar-refractivity contribution is 5.76. The van der Waals surface area contributed by atoms with E-state index < -0.39 is 0 Å². The van der Waals surface area contributed by atoms with Crippen molar-refractivity contribution in [3.63, 3.8) is 0 Å². The molecular formula is C15H30N4O. The van der Waals surface area contributed by atoms with Gasteiger partial charge in [0.1, 0.15) is 0 Å². The molecule has 116 valence electrons. The molecule has 20 heavy (non-hydrogen) atoms. The van der Waals surface area contributed by atoms with Gasteiger partial charge in [-0.2, -0.15) is 0 Å². The first kappa shape index (κ1) is 15.7. The molecule has 2 rings (SSSR count). The van der Waals surface area contributed by atoms with Gasteiger partial charge in [-0.15, -0.1) is 0 Å². The molecule has 0 radical (unpaired) electrons. The van der Waals surface area contributed by atoms with E-state index in [9.17, 15) is 4.79 Å². The van der Waals surface area contributed by atoms with Crippen molar-refractivity contribution in [1.29, 1.82) is 0 Å². The van der Waals surface area contributed by atoms with Gasteiger partial charge in [-0.05, 0) is 39.4 Å². The van der Waals surface area contributed by atoms with Crippen LogP contribution in [0.5, 0.6) is 0 Å². The monoisotopic (exact) mass is 282 g/mol. The zero-order valence-electron chi connectivity index (χ0n) is 13.1. The number of piperazine rings is 1. The van der Waals surface area contributed by atoms with Crippen LogP contribution in [-0.2, 0) is 4.79 Å². The van der Waals surface area contributed by atoms with Crippen molar-refractivity contribution in [3.05, 3.63) is 0 Å². The number of carbonyl (C=O) groups is 1. The Morgan fingerprint density at radius 3 is 2.75 bits per heavy atom. The lowest BCUT2D eigenvalue weighted by Crippen LogP contribution is -2.47. The van der Waals surface area contributed by atoms with Crippen LogP contribution in [0.2, 0.25) is 0 Å². The largest absolute Gasteiger partial charge is 0.340 e. The van der Waals surface area contributed by atoms with Gasteiger partial charge in [0.25, 0.3) is 0 Å². The fourth-order valence-corrected chi connectivity index (χ4v) is 3.31. The fourth-order valence-electron chi connectivity index (χ4n) is 3.31. The van der Waals surface area contributed by atoms with E-state index in [4.69, 9.17) is 0 Å². The molecule has 5 nitrogen and oxygen atoms in total. The van der Waals surface area contributed by atoms with Crippen LogP contribution in [0.15, 0.2) is 0 Å². The van der Waals surface area contributed by atoms with Gasteiger partial charge in [0.2, 0.25) is 5.91 Å². The molecule has 0 spiro atoms. The Kier molecular flexibility index (Phi) is 6.26. The van der Waals surface area contributed by atoms with E-state index in [1.54, 1.807) is 0 Å². The summed E-state index contributed by atoms with van der Waals surface area (Å²) >= 11 is 0. The Hall–Kier alpha value is -0.650. The number of nitrogens with zero attached hydrogens (tertiary/aromatic N) is 3. The number of amides is 1. The second kappa shape index (κ2) is 7.96. The van der Waals surface area contributed by atoms with E-state index in [-0.39, 0.29) is 0 Å². The highest BCUT2D eigenvalue weighted by atomic mass is 16.2. The average Bonchev–Trinajstić information content (AvgIpc) is 2.46. The summed E-state index contributed by atoms with van der Waals surface area (Å²) < 4.78 is 0. The van der Waals surface area contributed by atoms with Gasteiger partial charge in [0.15, 0.2) is 0 Å². The Morgan fingerprint density at radius 2 is 2.05 bits per heavy atom. The van der Waals surface area contributed by atoms with Gasteiger partial charge in [-0.25, -0.2) is 0 Å². The first-order valence-corrected chi connectivity index (χ1v) is 8.00.